The highest BCUT2D eigenvalue weighted by Crippen LogP contribution is 2.18. The van der Waals surface area contributed by atoms with E-state index in [1.54, 1.807) is 30.3 Å². The maximum atomic E-state index is 12.5. The molecule has 2 aromatic carbocycles. The average Bonchev–Trinajstić information content (AvgIpc) is 2.64. The van der Waals surface area contributed by atoms with Gasteiger partial charge in [-0.1, -0.05) is 18.2 Å². The van der Waals surface area contributed by atoms with E-state index in [1.807, 2.05) is 44.2 Å². The maximum Gasteiger partial charge on any atom is 0.274 e. The van der Waals surface area contributed by atoms with Crippen LogP contribution in [0.2, 0.25) is 0 Å². The quantitative estimate of drug-likeness (QED) is 0.748. The molecule has 0 aliphatic carbocycles. The molecule has 1 amide bonds. The minimum atomic E-state index is -0.340. The summed E-state index contributed by atoms with van der Waals surface area (Å²) in [6, 6.07) is 18.1. The van der Waals surface area contributed by atoms with Crippen LogP contribution in [0.3, 0.4) is 0 Å². The highest BCUT2D eigenvalue weighted by molar-refractivity contribution is 6.03. The normalized spacial score (nSPS) is 10.0. The number of hydrogen-bond donors (Lipinski definition) is 2. The third kappa shape index (κ3) is 4.02. The summed E-state index contributed by atoms with van der Waals surface area (Å²) in [6.07, 6.45) is 0. The molecule has 0 saturated heterocycles. The van der Waals surface area contributed by atoms with Gasteiger partial charge in [-0.25, -0.2) is 9.97 Å². The highest BCUT2D eigenvalue weighted by Gasteiger charge is 2.12. The topological polar surface area (TPSA) is 90.7 Å². The van der Waals surface area contributed by atoms with Crippen LogP contribution in [0.5, 0.6) is 0 Å². The number of nitrogens with one attached hydrogen (secondary N) is 2. The molecule has 6 nitrogen and oxygen atoms in total. The van der Waals surface area contributed by atoms with Crippen molar-refractivity contribution in [2.45, 2.75) is 13.8 Å². The molecule has 26 heavy (non-hydrogen) atoms. The minimum Gasteiger partial charge on any atom is -0.324 e. The van der Waals surface area contributed by atoms with E-state index in [1.165, 1.54) is 0 Å². The van der Waals surface area contributed by atoms with E-state index >= 15 is 0 Å². The average molecular weight is 343 g/mol. The van der Waals surface area contributed by atoms with Gasteiger partial charge in [0.15, 0.2) is 0 Å². The van der Waals surface area contributed by atoms with E-state index < -0.39 is 0 Å². The Morgan fingerprint density at radius 3 is 2.46 bits per heavy atom. The summed E-state index contributed by atoms with van der Waals surface area (Å²) in [6.45, 7) is 3.79. The Labute approximate surface area is 151 Å². The van der Waals surface area contributed by atoms with Crippen LogP contribution >= 0.6 is 0 Å². The molecule has 0 bridgehead atoms. The number of nitriles is 1. The smallest absolute Gasteiger partial charge is 0.274 e. The van der Waals surface area contributed by atoms with Gasteiger partial charge >= 0.3 is 0 Å². The molecule has 0 aliphatic rings. The van der Waals surface area contributed by atoms with Gasteiger partial charge in [-0.3, -0.25) is 4.79 Å². The lowest BCUT2D eigenvalue weighted by molar-refractivity contribution is 0.102. The first-order valence-corrected chi connectivity index (χ1v) is 8.05. The van der Waals surface area contributed by atoms with Gasteiger partial charge in [-0.2, -0.15) is 5.26 Å². The molecule has 0 spiro atoms. The Bertz CT molecular complexity index is 990. The number of nitrogens with zero attached hydrogens (tertiary/aromatic N) is 3. The molecule has 0 aliphatic heterocycles. The molecule has 0 atom stereocenters. The largest absolute Gasteiger partial charge is 0.324 e. The third-order valence-electron chi connectivity index (χ3n) is 3.75. The van der Waals surface area contributed by atoms with Crippen LogP contribution in [0.25, 0.3) is 0 Å². The second-order valence-electron chi connectivity index (χ2n) is 5.80. The third-order valence-corrected chi connectivity index (χ3v) is 3.75. The van der Waals surface area contributed by atoms with Crippen molar-refractivity contribution in [3.05, 3.63) is 77.1 Å². The number of aryl methyl sites for hydroxylation is 2. The summed E-state index contributed by atoms with van der Waals surface area (Å²) in [7, 11) is 0. The van der Waals surface area contributed by atoms with Crippen molar-refractivity contribution < 1.29 is 4.79 Å². The van der Waals surface area contributed by atoms with Gasteiger partial charge in [0, 0.05) is 17.1 Å². The second kappa shape index (κ2) is 7.45. The first kappa shape index (κ1) is 17.1. The van der Waals surface area contributed by atoms with Crippen molar-refractivity contribution in [2.75, 3.05) is 10.6 Å². The fourth-order valence-corrected chi connectivity index (χ4v) is 2.40. The number of carbonyl (C=O) groups is 1. The van der Waals surface area contributed by atoms with Crippen molar-refractivity contribution in [1.82, 2.24) is 9.97 Å². The zero-order chi connectivity index (χ0) is 18.5. The molecule has 6 heteroatoms. The van der Waals surface area contributed by atoms with Crippen LogP contribution in [0.15, 0.2) is 54.6 Å². The molecule has 128 valence electrons. The fourth-order valence-electron chi connectivity index (χ4n) is 2.40. The summed E-state index contributed by atoms with van der Waals surface area (Å²) in [5.74, 6) is 0.0253. The van der Waals surface area contributed by atoms with E-state index in [-0.39, 0.29) is 11.6 Å². The lowest BCUT2D eigenvalue weighted by atomic mass is 10.2. The molecule has 0 radical (unpaired) electrons. The lowest BCUT2D eigenvalue weighted by Gasteiger charge is -2.10. The van der Waals surface area contributed by atoms with E-state index in [0.717, 1.165) is 11.3 Å². The summed E-state index contributed by atoms with van der Waals surface area (Å²) in [4.78, 5) is 21.2. The number of aromatic nitrogens is 2. The van der Waals surface area contributed by atoms with Crippen LogP contribution in [0.4, 0.5) is 17.3 Å². The fraction of sp³-hybridized carbons (Fsp3) is 0.100. The molecular weight excluding hydrogens is 326 g/mol. The van der Waals surface area contributed by atoms with Gasteiger partial charge in [0.2, 0.25) is 5.95 Å². The van der Waals surface area contributed by atoms with Crippen molar-refractivity contribution >= 4 is 23.2 Å². The van der Waals surface area contributed by atoms with Gasteiger partial charge in [0.05, 0.1) is 11.6 Å². The summed E-state index contributed by atoms with van der Waals surface area (Å²) in [5, 5.41) is 14.8. The predicted octanol–water partition coefficient (Wildman–Crippen LogP) is 3.96. The Kier molecular flexibility index (Phi) is 4.90. The SMILES string of the molecule is Cc1cc(C(=O)Nc2ccc(C#N)cc2)nc(Nc2ccccc2C)n1. The number of benzene rings is 2. The number of para-hydroxylation sites is 1. The van der Waals surface area contributed by atoms with Gasteiger partial charge < -0.3 is 10.6 Å². The monoisotopic (exact) mass is 343 g/mol. The molecule has 2 N–H and O–H groups in total. The zero-order valence-corrected chi connectivity index (χ0v) is 14.4. The Hall–Kier alpha value is -3.72. The van der Waals surface area contributed by atoms with E-state index in [0.29, 0.717) is 22.9 Å². The number of hydrogen-bond acceptors (Lipinski definition) is 5. The Balaban J connectivity index is 1.81. The van der Waals surface area contributed by atoms with Gasteiger partial charge in [-0.05, 0) is 55.8 Å². The van der Waals surface area contributed by atoms with Gasteiger partial charge in [0.25, 0.3) is 5.91 Å². The number of rotatable bonds is 4. The molecular formula is C20H17N5O. The molecule has 1 heterocycles. The van der Waals surface area contributed by atoms with E-state index in [2.05, 4.69) is 20.6 Å². The summed E-state index contributed by atoms with van der Waals surface area (Å²) < 4.78 is 0. The Morgan fingerprint density at radius 2 is 1.77 bits per heavy atom. The summed E-state index contributed by atoms with van der Waals surface area (Å²) in [5.41, 5.74) is 4.01. The van der Waals surface area contributed by atoms with E-state index in [9.17, 15) is 4.79 Å². The van der Waals surface area contributed by atoms with Gasteiger partial charge in [0.1, 0.15) is 5.69 Å². The zero-order valence-electron chi connectivity index (χ0n) is 14.4. The Morgan fingerprint density at radius 1 is 1.04 bits per heavy atom. The lowest BCUT2D eigenvalue weighted by Crippen LogP contribution is -2.15. The molecule has 3 rings (SSSR count). The predicted molar refractivity (Wildman–Crippen MR) is 100 cm³/mol. The van der Waals surface area contributed by atoms with E-state index in [4.69, 9.17) is 5.26 Å². The maximum absolute atomic E-state index is 12.5. The number of amides is 1. The van der Waals surface area contributed by atoms with Crippen molar-refractivity contribution in [1.29, 1.82) is 5.26 Å². The van der Waals surface area contributed by atoms with Crippen molar-refractivity contribution in [2.24, 2.45) is 0 Å². The van der Waals surface area contributed by atoms with Crippen molar-refractivity contribution in [3.8, 4) is 6.07 Å². The standard InChI is InChI=1S/C20H17N5O/c1-13-5-3-4-6-17(13)24-20-22-14(2)11-18(25-20)19(26)23-16-9-7-15(12-21)8-10-16/h3-11H,1-2H3,(H,23,26)(H,22,24,25). The first-order valence-electron chi connectivity index (χ1n) is 8.05. The van der Waals surface area contributed by atoms with Crippen LogP contribution in [-0.4, -0.2) is 15.9 Å². The molecule has 1 aromatic heterocycles. The number of anilines is 3. The molecule has 0 unspecified atom stereocenters. The minimum absolute atomic E-state index is 0.262. The first-order chi connectivity index (χ1) is 12.5. The molecule has 3 aromatic rings. The highest BCUT2D eigenvalue weighted by atomic mass is 16.1. The van der Waals surface area contributed by atoms with Crippen LogP contribution in [-0.2, 0) is 0 Å². The molecule has 0 fully saturated rings. The summed E-state index contributed by atoms with van der Waals surface area (Å²) >= 11 is 0. The molecule has 0 saturated carbocycles. The van der Waals surface area contributed by atoms with Crippen LogP contribution in [0.1, 0.15) is 27.3 Å². The second-order valence-corrected chi connectivity index (χ2v) is 5.80. The number of carbonyl (C=O) groups excluding carboxylic acids is 1. The van der Waals surface area contributed by atoms with Crippen molar-refractivity contribution in [3.63, 3.8) is 0 Å². The van der Waals surface area contributed by atoms with Gasteiger partial charge in [-0.15, -0.1) is 0 Å². The van der Waals surface area contributed by atoms with Crippen LogP contribution in [0, 0.1) is 25.2 Å². The van der Waals surface area contributed by atoms with Crippen LogP contribution < -0.4 is 10.6 Å².